The standard InChI is InChI=1S/C16H23BrN2O3/c1-11-13(17)9-12(20)10-14(11)18-5-7-19(8-6-18)15(21)22-16(2,3)4/h9-10,20H,5-8H2,1-4H3. The van der Waals surface area contributed by atoms with Crippen LogP contribution in [0.15, 0.2) is 16.6 Å². The van der Waals surface area contributed by atoms with Crippen molar-refractivity contribution in [3.8, 4) is 5.75 Å². The summed E-state index contributed by atoms with van der Waals surface area (Å²) in [6, 6.07) is 3.46. The molecule has 0 radical (unpaired) electrons. The maximum Gasteiger partial charge on any atom is 0.410 e. The molecule has 0 saturated carbocycles. The van der Waals surface area contributed by atoms with E-state index in [0.29, 0.717) is 13.1 Å². The lowest BCUT2D eigenvalue weighted by Gasteiger charge is -2.37. The lowest BCUT2D eigenvalue weighted by Crippen LogP contribution is -2.50. The largest absolute Gasteiger partial charge is 0.508 e. The second kappa shape index (κ2) is 6.36. The minimum Gasteiger partial charge on any atom is -0.508 e. The molecule has 1 amide bonds. The number of ether oxygens (including phenoxy) is 1. The fourth-order valence-electron chi connectivity index (χ4n) is 2.44. The molecule has 1 fully saturated rings. The number of phenols is 1. The number of benzene rings is 1. The van der Waals surface area contributed by atoms with E-state index in [1.54, 1.807) is 17.0 Å². The first kappa shape index (κ1) is 16.9. The molecule has 122 valence electrons. The normalized spacial score (nSPS) is 15.9. The van der Waals surface area contributed by atoms with Crippen LogP contribution < -0.4 is 4.90 Å². The Bertz CT molecular complexity index is 561. The number of carbonyl (C=O) groups is 1. The molecular weight excluding hydrogens is 348 g/mol. The summed E-state index contributed by atoms with van der Waals surface area (Å²) in [6.45, 7) is 10.3. The van der Waals surface area contributed by atoms with E-state index < -0.39 is 5.60 Å². The van der Waals surface area contributed by atoms with Gasteiger partial charge in [0.2, 0.25) is 0 Å². The van der Waals surface area contributed by atoms with Crippen LogP contribution >= 0.6 is 15.9 Å². The van der Waals surface area contributed by atoms with E-state index in [1.165, 1.54) is 0 Å². The maximum absolute atomic E-state index is 12.1. The zero-order valence-corrected chi connectivity index (χ0v) is 15.1. The summed E-state index contributed by atoms with van der Waals surface area (Å²) in [5.41, 5.74) is 1.61. The first-order valence-corrected chi connectivity index (χ1v) is 8.18. The van der Waals surface area contributed by atoms with Gasteiger partial charge in [0.1, 0.15) is 11.4 Å². The van der Waals surface area contributed by atoms with Gasteiger partial charge in [-0.2, -0.15) is 0 Å². The van der Waals surface area contributed by atoms with Crippen LogP contribution in [0, 0.1) is 6.92 Å². The molecule has 1 N–H and O–H groups in total. The van der Waals surface area contributed by atoms with Gasteiger partial charge >= 0.3 is 6.09 Å². The van der Waals surface area contributed by atoms with E-state index >= 15 is 0 Å². The Morgan fingerprint density at radius 3 is 2.36 bits per heavy atom. The minimum absolute atomic E-state index is 0.238. The first-order chi connectivity index (χ1) is 10.2. The molecule has 2 rings (SSSR count). The van der Waals surface area contributed by atoms with Gasteiger partial charge in [-0.1, -0.05) is 15.9 Å². The van der Waals surface area contributed by atoms with Gasteiger partial charge in [0.15, 0.2) is 0 Å². The van der Waals surface area contributed by atoms with Crippen molar-refractivity contribution in [2.24, 2.45) is 0 Å². The number of anilines is 1. The molecule has 1 aliphatic rings. The summed E-state index contributed by atoms with van der Waals surface area (Å²) in [7, 11) is 0. The van der Waals surface area contributed by atoms with Gasteiger partial charge in [-0.25, -0.2) is 4.79 Å². The number of hydrogen-bond donors (Lipinski definition) is 1. The summed E-state index contributed by atoms with van der Waals surface area (Å²) in [6.07, 6.45) is -0.263. The number of amides is 1. The molecule has 0 spiro atoms. The summed E-state index contributed by atoms with van der Waals surface area (Å²) >= 11 is 3.46. The second-order valence-corrected chi connectivity index (χ2v) is 7.38. The number of rotatable bonds is 1. The van der Waals surface area contributed by atoms with E-state index in [0.717, 1.165) is 28.8 Å². The first-order valence-electron chi connectivity index (χ1n) is 7.39. The predicted molar refractivity (Wildman–Crippen MR) is 90.6 cm³/mol. The average Bonchev–Trinajstić information content (AvgIpc) is 2.41. The Balaban J connectivity index is 2.02. The van der Waals surface area contributed by atoms with Gasteiger partial charge in [-0.05, 0) is 39.3 Å². The molecule has 22 heavy (non-hydrogen) atoms. The van der Waals surface area contributed by atoms with Crippen molar-refractivity contribution in [1.29, 1.82) is 0 Å². The van der Waals surface area contributed by atoms with Crippen LogP contribution in [-0.4, -0.2) is 47.9 Å². The van der Waals surface area contributed by atoms with Crippen LogP contribution in [0.2, 0.25) is 0 Å². The van der Waals surface area contributed by atoms with E-state index in [4.69, 9.17) is 4.74 Å². The van der Waals surface area contributed by atoms with Gasteiger partial charge in [-0.15, -0.1) is 0 Å². The van der Waals surface area contributed by atoms with Gasteiger partial charge in [0.25, 0.3) is 0 Å². The summed E-state index contributed by atoms with van der Waals surface area (Å²) < 4.78 is 6.29. The molecule has 1 aromatic carbocycles. The Labute approximate surface area is 140 Å². The Hall–Kier alpha value is -1.43. The Morgan fingerprint density at radius 2 is 1.82 bits per heavy atom. The maximum atomic E-state index is 12.1. The van der Waals surface area contributed by atoms with Crippen LogP contribution in [0.25, 0.3) is 0 Å². The van der Waals surface area contributed by atoms with Crippen LogP contribution in [0.4, 0.5) is 10.5 Å². The van der Waals surface area contributed by atoms with Gasteiger partial charge in [-0.3, -0.25) is 0 Å². The van der Waals surface area contributed by atoms with Crippen molar-refractivity contribution in [2.45, 2.75) is 33.3 Å². The fraction of sp³-hybridized carbons (Fsp3) is 0.562. The quantitative estimate of drug-likeness (QED) is 0.821. The molecule has 0 atom stereocenters. The monoisotopic (exact) mass is 370 g/mol. The number of aromatic hydroxyl groups is 1. The van der Waals surface area contributed by atoms with Crippen molar-refractivity contribution in [1.82, 2.24) is 4.90 Å². The number of phenolic OH excluding ortho intramolecular Hbond substituents is 1. The molecule has 1 aromatic rings. The third-order valence-corrected chi connectivity index (χ3v) is 4.40. The number of carbonyl (C=O) groups excluding carboxylic acids is 1. The number of halogens is 1. The van der Waals surface area contributed by atoms with Crippen LogP contribution in [0.1, 0.15) is 26.3 Å². The molecule has 0 unspecified atom stereocenters. The topological polar surface area (TPSA) is 53.0 Å². The third kappa shape index (κ3) is 4.06. The molecule has 1 aliphatic heterocycles. The van der Waals surface area contributed by atoms with E-state index in [9.17, 15) is 9.90 Å². The zero-order chi connectivity index (χ0) is 16.5. The van der Waals surface area contributed by atoms with Gasteiger partial charge in [0.05, 0.1) is 0 Å². The Morgan fingerprint density at radius 1 is 1.23 bits per heavy atom. The molecule has 1 saturated heterocycles. The highest BCUT2D eigenvalue weighted by molar-refractivity contribution is 9.10. The van der Waals surface area contributed by atoms with Crippen molar-refractivity contribution < 1.29 is 14.6 Å². The van der Waals surface area contributed by atoms with E-state index in [1.807, 2.05) is 27.7 Å². The smallest absolute Gasteiger partial charge is 0.410 e. The highest BCUT2D eigenvalue weighted by atomic mass is 79.9. The highest BCUT2D eigenvalue weighted by Gasteiger charge is 2.26. The molecule has 6 heteroatoms. The van der Waals surface area contributed by atoms with Crippen molar-refractivity contribution in [3.63, 3.8) is 0 Å². The number of hydrogen-bond acceptors (Lipinski definition) is 4. The van der Waals surface area contributed by atoms with E-state index in [-0.39, 0.29) is 11.8 Å². The van der Waals surface area contributed by atoms with Crippen molar-refractivity contribution in [2.75, 3.05) is 31.1 Å². The molecule has 5 nitrogen and oxygen atoms in total. The average molecular weight is 371 g/mol. The van der Waals surface area contributed by atoms with Crippen molar-refractivity contribution >= 4 is 27.7 Å². The molecule has 1 heterocycles. The molecule has 0 aromatic heterocycles. The minimum atomic E-state index is -0.471. The molecular formula is C16H23BrN2O3. The highest BCUT2D eigenvalue weighted by Crippen LogP contribution is 2.32. The van der Waals surface area contributed by atoms with Gasteiger partial charge < -0.3 is 19.6 Å². The van der Waals surface area contributed by atoms with Crippen LogP contribution in [-0.2, 0) is 4.74 Å². The lowest BCUT2D eigenvalue weighted by molar-refractivity contribution is 0.0240. The number of piperazine rings is 1. The third-order valence-electron chi connectivity index (χ3n) is 3.57. The summed E-state index contributed by atoms with van der Waals surface area (Å²) in [4.78, 5) is 16.0. The number of nitrogens with zero attached hydrogens (tertiary/aromatic N) is 2. The van der Waals surface area contributed by atoms with Gasteiger partial charge in [0, 0.05) is 42.4 Å². The SMILES string of the molecule is Cc1c(Br)cc(O)cc1N1CCN(C(=O)OC(C)(C)C)CC1. The second-order valence-electron chi connectivity index (χ2n) is 6.53. The lowest BCUT2D eigenvalue weighted by atomic mass is 10.1. The van der Waals surface area contributed by atoms with Crippen LogP contribution in [0.5, 0.6) is 5.75 Å². The zero-order valence-electron chi connectivity index (χ0n) is 13.5. The Kier molecular flexibility index (Phi) is 4.90. The molecule has 0 bridgehead atoms. The van der Waals surface area contributed by atoms with Crippen LogP contribution in [0.3, 0.4) is 0 Å². The van der Waals surface area contributed by atoms with E-state index in [2.05, 4.69) is 20.8 Å². The summed E-state index contributed by atoms with van der Waals surface area (Å²) in [5, 5.41) is 9.78. The van der Waals surface area contributed by atoms with Crippen molar-refractivity contribution in [3.05, 3.63) is 22.2 Å². The predicted octanol–water partition coefficient (Wildman–Crippen LogP) is 3.52. The fourth-order valence-corrected chi connectivity index (χ4v) is 2.87. The molecule has 0 aliphatic carbocycles. The summed E-state index contributed by atoms with van der Waals surface area (Å²) in [5.74, 6) is 0.238.